The Morgan fingerprint density at radius 1 is 0.812 bits per heavy atom. The molecule has 1 aliphatic heterocycles. The zero-order chi connectivity index (χ0) is 20.8. The van der Waals surface area contributed by atoms with Crippen molar-refractivity contribution in [3.8, 4) is 17.0 Å². The number of fused-ring (bicyclic) bond motifs is 3. The van der Waals surface area contributed by atoms with E-state index < -0.39 is 0 Å². The molecule has 6 rings (SSSR count). The molecule has 4 nitrogen and oxygen atoms in total. The van der Waals surface area contributed by atoms with Crippen LogP contribution in [-0.2, 0) is 21.1 Å². The van der Waals surface area contributed by atoms with Crippen LogP contribution in [-0.4, -0.2) is 15.1 Å². The largest absolute Gasteiger partial charge is 0.506 e. The van der Waals surface area contributed by atoms with Gasteiger partial charge in [-0.25, -0.2) is 4.98 Å². The van der Waals surface area contributed by atoms with Crippen LogP contribution in [0.2, 0.25) is 0 Å². The number of anilines is 3. The minimum Gasteiger partial charge on any atom is -0.506 e. The first kappa shape index (κ1) is 20.7. The van der Waals surface area contributed by atoms with E-state index in [1.165, 1.54) is 4.90 Å². The van der Waals surface area contributed by atoms with Crippen molar-refractivity contribution in [2.24, 2.45) is 0 Å². The maximum absolute atomic E-state index is 10.2. The van der Waals surface area contributed by atoms with Crippen molar-refractivity contribution < 1.29 is 26.2 Å². The van der Waals surface area contributed by atoms with Crippen molar-refractivity contribution in [1.29, 1.82) is 0 Å². The van der Waals surface area contributed by atoms with Gasteiger partial charge in [-0.05, 0) is 46.6 Å². The number of benzene rings is 3. The van der Waals surface area contributed by atoms with Crippen LogP contribution < -0.4 is 4.90 Å². The number of rotatable bonds is 2. The average molecular weight is 614 g/mol. The molecule has 0 aliphatic carbocycles. The van der Waals surface area contributed by atoms with Crippen molar-refractivity contribution in [2.75, 3.05) is 4.90 Å². The second kappa shape index (κ2) is 8.42. The monoisotopic (exact) mass is 613 g/mol. The Morgan fingerprint density at radius 3 is 2.56 bits per heavy atom. The molecule has 158 valence electrons. The Bertz CT molecular complexity index is 1440. The summed E-state index contributed by atoms with van der Waals surface area (Å²) in [5.41, 5.74) is 4.24. The van der Waals surface area contributed by atoms with Gasteiger partial charge in [-0.15, -0.1) is 35.5 Å². The van der Waals surface area contributed by atoms with Crippen molar-refractivity contribution in [2.45, 2.75) is 9.79 Å². The van der Waals surface area contributed by atoms with E-state index in [1.807, 2.05) is 54.6 Å². The third-order valence-electron chi connectivity index (χ3n) is 5.29. The summed E-state index contributed by atoms with van der Waals surface area (Å²) in [6.07, 6.45) is 1.80. The van der Waals surface area contributed by atoms with Crippen molar-refractivity contribution in [3.05, 3.63) is 97.2 Å². The van der Waals surface area contributed by atoms with Crippen LogP contribution in [0.25, 0.3) is 22.2 Å². The molecule has 0 spiro atoms. The summed E-state index contributed by atoms with van der Waals surface area (Å²) >= 11 is 1.73. The quantitative estimate of drug-likeness (QED) is 0.220. The SMILES string of the molecule is Oc1cccc2ccc(-c3[c-]c4c(cc3)Sc3ccccc3N4c3ccccn3)nc12.[Pt]. The first-order valence-electron chi connectivity index (χ1n) is 9.91. The van der Waals surface area contributed by atoms with Gasteiger partial charge < -0.3 is 10.0 Å². The number of aromatic hydroxyl groups is 1. The van der Waals surface area contributed by atoms with E-state index in [4.69, 9.17) is 4.98 Å². The topological polar surface area (TPSA) is 49.2 Å². The standard InChI is InChI=1S/C26H16N3OS.Pt/c30-22-8-5-6-17-11-13-19(28-26(17)22)18-12-14-24-21(16-18)29(25-10-3-4-15-27-25)20-7-1-2-9-23(20)31-24;/h1-15,30H;/q-1;. The van der Waals surface area contributed by atoms with Gasteiger partial charge in [-0.3, -0.25) is 4.98 Å². The van der Waals surface area contributed by atoms with Gasteiger partial charge in [0.05, 0.1) is 5.69 Å². The van der Waals surface area contributed by atoms with E-state index in [0.717, 1.165) is 38.7 Å². The van der Waals surface area contributed by atoms with Crippen LogP contribution in [0.4, 0.5) is 17.2 Å². The van der Waals surface area contributed by atoms with Gasteiger partial charge in [0.15, 0.2) is 0 Å². The van der Waals surface area contributed by atoms with Gasteiger partial charge in [-0.1, -0.05) is 42.5 Å². The average Bonchev–Trinajstić information content (AvgIpc) is 2.83. The second-order valence-electron chi connectivity index (χ2n) is 7.22. The number of pyridine rings is 2. The molecule has 0 unspecified atom stereocenters. The third kappa shape index (κ3) is 3.48. The van der Waals surface area contributed by atoms with Crippen LogP contribution in [0.1, 0.15) is 0 Å². The van der Waals surface area contributed by atoms with Gasteiger partial charge in [-0.2, -0.15) is 0 Å². The zero-order valence-corrected chi connectivity index (χ0v) is 19.8. The molecule has 1 aliphatic rings. The zero-order valence-electron chi connectivity index (χ0n) is 16.7. The second-order valence-corrected chi connectivity index (χ2v) is 8.31. The Hall–Kier alpha value is -3.14. The number of hydrogen-bond donors (Lipinski definition) is 1. The predicted octanol–water partition coefficient (Wildman–Crippen LogP) is 6.73. The molecule has 3 heterocycles. The first-order chi connectivity index (χ1) is 15.3. The number of phenolic OH excluding ortho intramolecular Hbond substituents is 1. The molecular formula is C26H16N3OPtS-. The molecule has 3 aromatic carbocycles. The number of nitrogens with zero attached hydrogens (tertiary/aromatic N) is 3. The number of para-hydroxylation sites is 2. The van der Waals surface area contributed by atoms with Gasteiger partial charge in [0, 0.05) is 37.5 Å². The van der Waals surface area contributed by atoms with E-state index in [1.54, 1.807) is 24.0 Å². The number of aromatic nitrogens is 2. The number of phenols is 1. The van der Waals surface area contributed by atoms with Crippen LogP contribution in [0, 0.1) is 6.07 Å². The molecule has 0 amide bonds. The molecule has 2 aromatic heterocycles. The van der Waals surface area contributed by atoms with Gasteiger partial charge in [0.1, 0.15) is 17.1 Å². The molecule has 1 N–H and O–H groups in total. The van der Waals surface area contributed by atoms with E-state index in [0.29, 0.717) is 5.52 Å². The summed E-state index contributed by atoms with van der Waals surface area (Å²) in [7, 11) is 0. The summed E-state index contributed by atoms with van der Waals surface area (Å²) in [6.45, 7) is 0. The fraction of sp³-hybridized carbons (Fsp3) is 0. The van der Waals surface area contributed by atoms with E-state index in [2.05, 4.69) is 40.2 Å². The summed E-state index contributed by atoms with van der Waals surface area (Å²) in [6, 6.07) is 31.3. The molecule has 0 saturated carbocycles. The third-order valence-corrected chi connectivity index (χ3v) is 6.41. The minimum atomic E-state index is 0. The summed E-state index contributed by atoms with van der Waals surface area (Å²) in [5, 5.41) is 11.1. The molecule has 6 heteroatoms. The Kier molecular flexibility index (Phi) is 5.46. The molecule has 0 atom stereocenters. The smallest absolute Gasteiger partial charge is 0.140 e. The van der Waals surface area contributed by atoms with Crippen molar-refractivity contribution in [1.82, 2.24) is 9.97 Å². The maximum atomic E-state index is 10.2. The molecule has 32 heavy (non-hydrogen) atoms. The van der Waals surface area contributed by atoms with Crippen LogP contribution in [0.15, 0.2) is 101 Å². The van der Waals surface area contributed by atoms with Crippen LogP contribution in [0.5, 0.6) is 5.75 Å². The van der Waals surface area contributed by atoms with Crippen molar-refractivity contribution >= 4 is 39.9 Å². The first-order valence-corrected chi connectivity index (χ1v) is 10.7. The predicted molar refractivity (Wildman–Crippen MR) is 124 cm³/mol. The van der Waals surface area contributed by atoms with Crippen LogP contribution in [0.3, 0.4) is 0 Å². The molecule has 0 fully saturated rings. The molecular weight excluding hydrogens is 597 g/mol. The van der Waals surface area contributed by atoms with E-state index >= 15 is 0 Å². The Morgan fingerprint density at radius 2 is 1.69 bits per heavy atom. The van der Waals surface area contributed by atoms with E-state index in [9.17, 15) is 5.11 Å². The van der Waals surface area contributed by atoms with Gasteiger partial charge in [0.2, 0.25) is 0 Å². The fourth-order valence-corrected chi connectivity index (χ4v) is 4.86. The normalized spacial score (nSPS) is 12.1. The fourth-order valence-electron chi connectivity index (χ4n) is 3.84. The molecule has 0 saturated heterocycles. The summed E-state index contributed by atoms with van der Waals surface area (Å²) < 4.78 is 0. The molecule has 5 aromatic rings. The Labute approximate surface area is 204 Å². The summed E-state index contributed by atoms with van der Waals surface area (Å²) in [4.78, 5) is 13.7. The van der Waals surface area contributed by atoms with E-state index in [-0.39, 0.29) is 26.8 Å². The van der Waals surface area contributed by atoms with Crippen molar-refractivity contribution in [3.63, 3.8) is 0 Å². The molecule has 0 radical (unpaired) electrons. The minimum absolute atomic E-state index is 0. The summed E-state index contributed by atoms with van der Waals surface area (Å²) in [5.74, 6) is 1.02. The molecule has 0 bridgehead atoms. The van der Waals surface area contributed by atoms with Gasteiger partial charge >= 0.3 is 0 Å². The Balaban J connectivity index is 0.00000216. The van der Waals surface area contributed by atoms with Gasteiger partial charge in [0.25, 0.3) is 0 Å². The van der Waals surface area contributed by atoms with Crippen LogP contribution >= 0.6 is 11.8 Å². The maximum Gasteiger partial charge on any atom is 0.140 e. The number of hydrogen-bond acceptors (Lipinski definition) is 5.